The van der Waals surface area contributed by atoms with E-state index < -0.39 is 22.1 Å². The van der Waals surface area contributed by atoms with Crippen molar-refractivity contribution in [2.24, 2.45) is 5.14 Å². The number of rotatable bonds is 7. The minimum Gasteiger partial charge on any atom is -0.455 e. The van der Waals surface area contributed by atoms with Crippen molar-refractivity contribution in [2.75, 3.05) is 13.7 Å². The van der Waals surface area contributed by atoms with Crippen LogP contribution in [0.3, 0.4) is 0 Å². The highest BCUT2D eigenvalue weighted by molar-refractivity contribution is 7.89. The number of ether oxygens (including phenoxy) is 2. The van der Waals surface area contributed by atoms with E-state index in [2.05, 4.69) is 10.2 Å². The second-order valence-electron chi connectivity index (χ2n) is 4.35. The summed E-state index contributed by atoms with van der Waals surface area (Å²) in [7, 11) is -2.60. The van der Waals surface area contributed by atoms with E-state index in [0.717, 1.165) is 0 Å². The van der Waals surface area contributed by atoms with Crippen molar-refractivity contribution in [1.29, 1.82) is 0 Å². The van der Waals surface area contributed by atoms with E-state index in [-0.39, 0.29) is 17.2 Å². The third-order valence-corrected chi connectivity index (χ3v) is 3.49. The van der Waals surface area contributed by atoms with Gasteiger partial charge < -0.3 is 9.47 Å². The maximum atomic E-state index is 11.9. The van der Waals surface area contributed by atoms with Gasteiger partial charge in [-0.3, -0.25) is 5.10 Å². The smallest absolute Gasteiger partial charge is 0.360 e. The number of aromatic amines is 1. The largest absolute Gasteiger partial charge is 0.455 e. The molecule has 1 atom stereocenters. The lowest BCUT2D eigenvalue weighted by atomic mass is 10.2. The summed E-state index contributed by atoms with van der Waals surface area (Å²) in [6.45, 7) is 3.69. The lowest BCUT2D eigenvalue weighted by molar-refractivity contribution is 0.0110. The maximum absolute atomic E-state index is 11.9. The van der Waals surface area contributed by atoms with Crippen LogP contribution in [0.15, 0.2) is 4.90 Å². The molecule has 114 valence electrons. The molecule has 8 nitrogen and oxygen atoms in total. The molecule has 0 saturated carbocycles. The van der Waals surface area contributed by atoms with Crippen LogP contribution in [0.25, 0.3) is 0 Å². The minimum atomic E-state index is -4.06. The second-order valence-corrected chi connectivity index (χ2v) is 5.84. The van der Waals surface area contributed by atoms with E-state index in [1.54, 1.807) is 6.92 Å². The molecule has 1 rings (SSSR count). The number of nitrogens with zero attached hydrogens (tertiary/aromatic N) is 1. The molecule has 0 saturated heterocycles. The Morgan fingerprint density at radius 1 is 1.50 bits per heavy atom. The van der Waals surface area contributed by atoms with Gasteiger partial charge in [0.15, 0.2) is 5.69 Å². The van der Waals surface area contributed by atoms with Gasteiger partial charge in [0.05, 0.1) is 12.3 Å². The fourth-order valence-electron chi connectivity index (χ4n) is 1.74. The molecule has 0 fully saturated rings. The SMILES string of the molecule is CCCc1[nH]nc(C(=O)OC(C)COC)c1S(N)(=O)=O. The van der Waals surface area contributed by atoms with Gasteiger partial charge in [-0.25, -0.2) is 18.4 Å². The first kappa shape index (κ1) is 16.6. The van der Waals surface area contributed by atoms with Crippen LogP contribution in [0.2, 0.25) is 0 Å². The molecular weight excluding hydrogens is 286 g/mol. The Hall–Kier alpha value is -1.45. The number of primary sulfonamides is 1. The van der Waals surface area contributed by atoms with Crippen molar-refractivity contribution in [3.05, 3.63) is 11.4 Å². The Kier molecular flexibility index (Phi) is 5.66. The summed E-state index contributed by atoms with van der Waals surface area (Å²) < 4.78 is 33.1. The zero-order valence-corrected chi connectivity index (χ0v) is 12.5. The van der Waals surface area contributed by atoms with Crippen LogP contribution in [-0.2, 0) is 25.9 Å². The Morgan fingerprint density at radius 3 is 2.65 bits per heavy atom. The molecule has 3 N–H and O–H groups in total. The summed E-state index contributed by atoms with van der Waals surface area (Å²) in [5.74, 6) is -0.850. The monoisotopic (exact) mass is 305 g/mol. The number of nitrogens with two attached hydrogens (primary N) is 1. The zero-order chi connectivity index (χ0) is 15.3. The van der Waals surface area contributed by atoms with Crippen LogP contribution in [0, 0.1) is 0 Å². The third kappa shape index (κ3) is 4.02. The minimum absolute atomic E-state index is 0.197. The number of sulfonamides is 1. The van der Waals surface area contributed by atoms with E-state index in [0.29, 0.717) is 18.5 Å². The molecule has 0 radical (unpaired) electrons. The van der Waals surface area contributed by atoms with Gasteiger partial charge in [0, 0.05) is 7.11 Å². The number of methoxy groups -OCH3 is 1. The fraction of sp³-hybridized carbons (Fsp3) is 0.636. The third-order valence-electron chi connectivity index (χ3n) is 2.48. The predicted octanol–water partition coefficient (Wildman–Crippen LogP) is 0.201. The summed E-state index contributed by atoms with van der Waals surface area (Å²) in [5, 5.41) is 11.4. The number of H-pyrrole nitrogens is 1. The van der Waals surface area contributed by atoms with Crippen molar-refractivity contribution in [1.82, 2.24) is 10.2 Å². The Labute approximate surface area is 117 Å². The average molecular weight is 305 g/mol. The maximum Gasteiger partial charge on any atom is 0.360 e. The standard InChI is InChI=1S/C11H19N3O5S/c1-4-5-8-10(20(12,16)17)9(14-13-8)11(15)19-7(2)6-18-3/h7H,4-6H2,1-3H3,(H,13,14)(H2,12,16,17). The van der Waals surface area contributed by atoms with Crippen molar-refractivity contribution in [2.45, 2.75) is 37.7 Å². The molecule has 0 bridgehead atoms. The summed E-state index contributed by atoms with van der Waals surface area (Å²) in [6, 6.07) is 0. The average Bonchev–Trinajstić information content (AvgIpc) is 2.73. The number of nitrogens with one attached hydrogen (secondary N) is 1. The van der Waals surface area contributed by atoms with Gasteiger partial charge in [-0.2, -0.15) is 5.10 Å². The second kappa shape index (κ2) is 6.82. The van der Waals surface area contributed by atoms with Gasteiger partial charge >= 0.3 is 5.97 Å². The van der Waals surface area contributed by atoms with Crippen LogP contribution < -0.4 is 5.14 Å². The lowest BCUT2D eigenvalue weighted by Gasteiger charge is -2.11. The zero-order valence-electron chi connectivity index (χ0n) is 11.7. The normalized spacial score (nSPS) is 13.2. The van der Waals surface area contributed by atoms with Gasteiger partial charge in [-0.1, -0.05) is 13.3 Å². The molecule has 9 heteroatoms. The van der Waals surface area contributed by atoms with Gasteiger partial charge in [0.2, 0.25) is 10.0 Å². The Morgan fingerprint density at radius 2 is 2.15 bits per heavy atom. The predicted molar refractivity (Wildman–Crippen MR) is 70.7 cm³/mol. The first-order chi connectivity index (χ1) is 9.31. The molecule has 0 aliphatic heterocycles. The highest BCUT2D eigenvalue weighted by Gasteiger charge is 2.28. The molecule has 0 aromatic carbocycles. The first-order valence-electron chi connectivity index (χ1n) is 6.11. The summed E-state index contributed by atoms with van der Waals surface area (Å²) in [6.07, 6.45) is 0.575. The number of hydrogen-bond donors (Lipinski definition) is 2. The van der Waals surface area contributed by atoms with Gasteiger partial charge in [-0.15, -0.1) is 0 Å². The molecule has 1 aromatic rings. The number of esters is 1. The molecule has 1 heterocycles. The molecule has 0 spiro atoms. The molecule has 20 heavy (non-hydrogen) atoms. The van der Waals surface area contributed by atoms with E-state index in [1.807, 2.05) is 6.92 Å². The van der Waals surface area contributed by atoms with Crippen molar-refractivity contribution in [3.63, 3.8) is 0 Å². The van der Waals surface area contributed by atoms with Gasteiger partial charge in [0.25, 0.3) is 0 Å². The molecule has 1 unspecified atom stereocenters. The van der Waals surface area contributed by atoms with E-state index >= 15 is 0 Å². The van der Waals surface area contributed by atoms with E-state index in [9.17, 15) is 13.2 Å². The van der Waals surface area contributed by atoms with Crippen LogP contribution in [0.5, 0.6) is 0 Å². The first-order valence-corrected chi connectivity index (χ1v) is 7.65. The van der Waals surface area contributed by atoms with Gasteiger partial charge in [0.1, 0.15) is 11.0 Å². The van der Waals surface area contributed by atoms with Crippen LogP contribution in [0.4, 0.5) is 0 Å². The molecule has 1 aromatic heterocycles. The highest BCUT2D eigenvalue weighted by Crippen LogP contribution is 2.19. The summed E-state index contributed by atoms with van der Waals surface area (Å²) in [4.78, 5) is 11.6. The van der Waals surface area contributed by atoms with Crippen molar-refractivity contribution in [3.8, 4) is 0 Å². The van der Waals surface area contributed by atoms with Crippen molar-refractivity contribution < 1.29 is 22.7 Å². The number of aromatic nitrogens is 2. The topological polar surface area (TPSA) is 124 Å². The quantitative estimate of drug-likeness (QED) is 0.693. The van der Waals surface area contributed by atoms with E-state index in [1.165, 1.54) is 7.11 Å². The van der Waals surface area contributed by atoms with E-state index in [4.69, 9.17) is 14.6 Å². The number of hydrogen-bond acceptors (Lipinski definition) is 6. The number of carbonyl (C=O) groups is 1. The van der Waals surface area contributed by atoms with Gasteiger partial charge in [-0.05, 0) is 13.3 Å². The molecule has 0 amide bonds. The summed E-state index contributed by atoms with van der Waals surface area (Å²) >= 11 is 0. The lowest BCUT2D eigenvalue weighted by Crippen LogP contribution is -2.23. The number of aryl methyl sites for hydroxylation is 1. The number of carbonyl (C=O) groups excluding carboxylic acids is 1. The molecule has 0 aliphatic carbocycles. The molecule has 0 aliphatic rings. The highest BCUT2D eigenvalue weighted by atomic mass is 32.2. The fourth-order valence-corrected chi connectivity index (χ4v) is 2.63. The van der Waals surface area contributed by atoms with Crippen LogP contribution in [-0.4, -0.2) is 44.4 Å². The van der Waals surface area contributed by atoms with Crippen LogP contribution >= 0.6 is 0 Å². The Balaban J connectivity index is 3.09. The molecular formula is C11H19N3O5S. The summed E-state index contributed by atoms with van der Waals surface area (Å²) in [5.41, 5.74) is -0.0137. The Bertz CT molecular complexity index is 567. The van der Waals surface area contributed by atoms with Crippen LogP contribution in [0.1, 0.15) is 36.5 Å². The van der Waals surface area contributed by atoms with Crippen molar-refractivity contribution >= 4 is 16.0 Å².